The number of rotatable bonds is 8. The van der Waals surface area contributed by atoms with Gasteiger partial charge in [-0.25, -0.2) is 0 Å². The Balaban J connectivity index is 0.00000288. The Kier molecular flexibility index (Phi) is 9.95. The van der Waals surface area contributed by atoms with Crippen molar-refractivity contribution in [1.29, 1.82) is 0 Å². The quantitative estimate of drug-likeness (QED) is 0.289. The molecule has 130 valence electrons. The third-order valence-electron chi connectivity index (χ3n) is 3.76. The van der Waals surface area contributed by atoms with Gasteiger partial charge in [-0.15, -0.1) is 0 Å². The summed E-state index contributed by atoms with van der Waals surface area (Å²) >= 11 is 0. The van der Waals surface area contributed by atoms with Crippen LogP contribution in [0.4, 0.5) is 11.4 Å². The number of para-hydroxylation sites is 2. The summed E-state index contributed by atoms with van der Waals surface area (Å²) in [6.45, 7) is 4.30. The third-order valence-corrected chi connectivity index (χ3v) is 3.76. The fourth-order valence-corrected chi connectivity index (χ4v) is 2.46. The fourth-order valence-electron chi connectivity index (χ4n) is 2.46. The van der Waals surface area contributed by atoms with E-state index in [9.17, 15) is 0 Å². The van der Waals surface area contributed by atoms with Gasteiger partial charge in [-0.1, -0.05) is 62.6 Å². The minimum Gasteiger partial charge on any atom is -0.252 e. The second-order valence-electron chi connectivity index (χ2n) is 5.74. The summed E-state index contributed by atoms with van der Waals surface area (Å²) in [5.41, 5.74) is 4.09. The monoisotopic (exact) mass is 364 g/mol. The Morgan fingerprint density at radius 2 is 1.29 bits per heavy atom. The molecule has 0 saturated heterocycles. The average molecular weight is 365 g/mol. The van der Waals surface area contributed by atoms with Crippen molar-refractivity contribution in [3.8, 4) is 0 Å². The molecule has 0 N–H and O–H groups in total. The van der Waals surface area contributed by atoms with Gasteiger partial charge in [0.15, 0.2) is 0 Å². The van der Waals surface area contributed by atoms with Crippen LogP contribution in [0.25, 0.3) is 0 Å². The minimum atomic E-state index is 0. The minimum absolute atomic E-state index is 0. The Labute approximate surface area is 156 Å². The average Bonchev–Trinajstić information content (AvgIpc) is 2.59. The summed E-state index contributed by atoms with van der Waals surface area (Å²) in [6, 6.07) is 20.3. The molecule has 2 rings (SSSR count). The largest absolute Gasteiger partial charge is 0.252 e. The van der Waals surface area contributed by atoms with Crippen molar-refractivity contribution in [2.75, 3.05) is 0 Å². The van der Waals surface area contributed by atoms with Gasteiger partial charge in [-0.05, 0) is 44.0 Å². The molecular weight excluding hydrogens is 339 g/mol. The maximum atomic E-state index is 4.84. The van der Waals surface area contributed by atoms with Gasteiger partial charge >= 0.3 is 0 Å². The first-order valence-corrected chi connectivity index (χ1v) is 8.53. The van der Waals surface area contributed by atoms with E-state index in [2.05, 4.69) is 13.8 Å². The molecule has 0 amide bonds. The molecule has 0 aliphatic heterocycles. The first kappa shape index (κ1) is 20.3. The van der Waals surface area contributed by atoms with Crippen molar-refractivity contribution in [2.24, 2.45) is 9.98 Å². The van der Waals surface area contributed by atoms with Crippen LogP contribution in [0.15, 0.2) is 70.6 Å². The Morgan fingerprint density at radius 1 is 0.750 bits per heavy atom. The normalized spacial score (nSPS) is 11.9. The van der Waals surface area contributed by atoms with Crippen LogP contribution >= 0.6 is 0 Å². The van der Waals surface area contributed by atoms with Crippen molar-refractivity contribution >= 4 is 22.8 Å². The van der Waals surface area contributed by atoms with Crippen LogP contribution in [-0.4, -0.2) is 11.4 Å². The summed E-state index contributed by atoms with van der Waals surface area (Å²) in [7, 11) is 0. The fraction of sp³-hybridized carbons (Fsp3) is 0.333. The van der Waals surface area contributed by atoms with E-state index in [1.807, 2.05) is 60.7 Å². The van der Waals surface area contributed by atoms with Crippen LogP contribution < -0.4 is 0 Å². The van der Waals surface area contributed by atoms with Crippen LogP contribution in [0.3, 0.4) is 0 Å². The molecule has 24 heavy (non-hydrogen) atoms. The van der Waals surface area contributed by atoms with Gasteiger partial charge in [-0.3, -0.25) is 9.98 Å². The number of aliphatic imine (C=N–C) groups is 2. The number of hydrogen-bond acceptors (Lipinski definition) is 2. The van der Waals surface area contributed by atoms with Crippen LogP contribution in [0, 0.1) is 0 Å². The predicted octanol–water partition coefficient (Wildman–Crippen LogP) is 6.52. The molecule has 0 heterocycles. The molecule has 0 fully saturated rings. The van der Waals surface area contributed by atoms with Crippen LogP contribution in [0.1, 0.15) is 46.0 Å². The standard InChI is InChI=1S/C21H26N2.Ni/c1-3-4-5-12-17-21(23-20-15-10-7-11-16-20)18(2)22-19-13-8-6-9-14-19;/h6-11,13-16H,3-5,12,17H2,1-2H3;/b22-18+,23-21+;. The van der Waals surface area contributed by atoms with Crippen molar-refractivity contribution < 1.29 is 16.5 Å². The molecule has 0 spiro atoms. The number of benzene rings is 2. The third kappa shape index (κ3) is 7.23. The van der Waals surface area contributed by atoms with Gasteiger partial charge < -0.3 is 0 Å². The zero-order valence-corrected chi connectivity index (χ0v) is 15.5. The van der Waals surface area contributed by atoms with Crippen molar-refractivity contribution in [3.63, 3.8) is 0 Å². The molecule has 0 aliphatic carbocycles. The van der Waals surface area contributed by atoms with Crippen molar-refractivity contribution in [2.45, 2.75) is 46.0 Å². The van der Waals surface area contributed by atoms with E-state index in [1.54, 1.807) is 0 Å². The first-order valence-electron chi connectivity index (χ1n) is 8.53. The Bertz CT molecular complexity index is 633. The SMILES string of the molecule is CCCCCCC(=N\c1ccccc1)/C(C)=N/c1ccccc1.[Ni]. The molecule has 0 bridgehead atoms. The summed E-state index contributed by atoms with van der Waals surface area (Å²) in [5.74, 6) is 0. The molecule has 2 aromatic rings. The van der Waals surface area contributed by atoms with Gasteiger partial charge in [0.05, 0.1) is 22.8 Å². The van der Waals surface area contributed by atoms with E-state index < -0.39 is 0 Å². The Hall–Kier alpha value is -1.73. The van der Waals surface area contributed by atoms with E-state index >= 15 is 0 Å². The van der Waals surface area contributed by atoms with E-state index in [1.165, 1.54) is 25.7 Å². The zero-order chi connectivity index (χ0) is 16.3. The molecule has 2 aromatic carbocycles. The van der Waals surface area contributed by atoms with Crippen LogP contribution in [0.2, 0.25) is 0 Å². The van der Waals surface area contributed by atoms with Gasteiger partial charge in [0.25, 0.3) is 0 Å². The van der Waals surface area contributed by atoms with Gasteiger partial charge in [-0.2, -0.15) is 0 Å². The zero-order valence-electron chi connectivity index (χ0n) is 14.5. The van der Waals surface area contributed by atoms with Crippen LogP contribution in [0.5, 0.6) is 0 Å². The smallest absolute Gasteiger partial charge is 0.0633 e. The first-order chi connectivity index (χ1) is 11.3. The molecule has 0 atom stereocenters. The number of unbranched alkanes of at least 4 members (excludes halogenated alkanes) is 3. The molecule has 3 heteroatoms. The topological polar surface area (TPSA) is 24.7 Å². The van der Waals surface area contributed by atoms with Crippen molar-refractivity contribution in [3.05, 3.63) is 60.7 Å². The molecule has 2 nitrogen and oxygen atoms in total. The maximum absolute atomic E-state index is 4.84. The Morgan fingerprint density at radius 3 is 1.83 bits per heavy atom. The summed E-state index contributed by atoms with van der Waals surface area (Å²) < 4.78 is 0. The molecule has 0 unspecified atom stereocenters. The summed E-state index contributed by atoms with van der Waals surface area (Å²) in [6.07, 6.45) is 5.94. The van der Waals surface area contributed by atoms with Crippen LogP contribution in [-0.2, 0) is 16.5 Å². The second kappa shape index (κ2) is 11.8. The van der Waals surface area contributed by atoms with E-state index in [0.29, 0.717) is 0 Å². The number of nitrogens with zero attached hydrogens (tertiary/aromatic N) is 2. The van der Waals surface area contributed by atoms with Gasteiger partial charge in [0.1, 0.15) is 0 Å². The van der Waals surface area contributed by atoms with Crippen molar-refractivity contribution in [1.82, 2.24) is 0 Å². The maximum Gasteiger partial charge on any atom is 0.0633 e. The second-order valence-corrected chi connectivity index (χ2v) is 5.74. The molecule has 0 saturated carbocycles. The number of hydrogen-bond donors (Lipinski definition) is 0. The van der Waals surface area contributed by atoms with Gasteiger partial charge in [0.2, 0.25) is 0 Å². The van der Waals surface area contributed by atoms with Gasteiger partial charge in [0, 0.05) is 16.5 Å². The molecule has 0 aromatic heterocycles. The van der Waals surface area contributed by atoms with E-state index in [4.69, 9.17) is 9.98 Å². The van der Waals surface area contributed by atoms with E-state index in [-0.39, 0.29) is 16.5 Å². The molecule has 0 aliphatic rings. The summed E-state index contributed by atoms with van der Waals surface area (Å²) in [5, 5.41) is 0. The molecular formula is C21H26N2Ni. The predicted molar refractivity (Wildman–Crippen MR) is 102 cm³/mol. The summed E-state index contributed by atoms with van der Waals surface area (Å²) in [4.78, 5) is 9.58. The molecule has 0 radical (unpaired) electrons. The van der Waals surface area contributed by atoms with E-state index in [0.717, 1.165) is 29.2 Å².